The van der Waals surface area contributed by atoms with Gasteiger partial charge in [-0.15, -0.1) is 0 Å². The molecule has 0 aliphatic carbocycles. The van der Waals surface area contributed by atoms with Crippen LogP contribution in [0.25, 0.3) is 22.5 Å². The number of hydrogen-bond acceptors (Lipinski definition) is 6. The van der Waals surface area contributed by atoms with Crippen LogP contribution < -0.4 is 22.1 Å². The highest BCUT2D eigenvalue weighted by Crippen LogP contribution is 2.27. The Morgan fingerprint density at radius 2 is 1.24 bits per heavy atom. The van der Waals surface area contributed by atoms with E-state index in [1.807, 2.05) is 91.0 Å². The first-order valence-electron chi connectivity index (χ1n) is 17.1. The summed E-state index contributed by atoms with van der Waals surface area (Å²) in [6, 6.07) is 57.4. The third-order valence-corrected chi connectivity index (χ3v) is 8.82. The number of nitrogens with two attached hydrogens (primary N) is 2. The number of rotatable bonds is 10. The molecule has 0 radical (unpaired) electrons. The van der Waals surface area contributed by atoms with Crippen molar-refractivity contribution >= 4 is 23.1 Å². The van der Waals surface area contributed by atoms with Gasteiger partial charge in [0.15, 0.2) is 5.96 Å². The average Bonchev–Trinajstić information content (AvgIpc) is 3.21. The molecular formula is C45H40N6. The average molecular weight is 665 g/mol. The lowest BCUT2D eigenvalue weighted by atomic mass is 9.99. The van der Waals surface area contributed by atoms with E-state index < -0.39 is 6.17 Å². The van der Waals surface area contributed by atoms with Crippen LogP contribution >= 0.6 is 0 Å². The fourth-order valence-corrected chi connectivity index (χ4v) is 6.00. The highest BCUT2D eigenvalue weighted by molar-refractivity contribution is 6.12. The van der Waals surface area contributed by atoms with Crippen molar-refractivity contribution < 1.29 is 0 Å². The summed E-state index contributed by atoms with van der Waals surface area (Å²) in [7, 11) is 0. The van der Waals surface area contributed by atoms with E-state index in [-0.39, 0.29) is 6.04 Å². The van der Waals surface area contributed by atoms with Crippen molar-refractivity contribution in [1.82, 2.24) is 10.6 Å². The largest absolute Gasteiger partial charge is 0.398 e. The van der Waals surface area contributed by atoms with Crippen LogP contribution in [0.5, 0.6) is 0 Å². The fourth-order valence-electron chi connectivity index (χ4n) is 6.00. The first-order valence-corrected chi connectivity index (χ1v) is 17.1. The van der Waals surface area contributed by atoms with Gasteiger partial charge in [-0.25, -0.2) is 4.99 Å². The summed E-state index contributed by atoms with van der Waals surface area (Å²) in [5, 5.41) is 6.87. The minimum atomic E-state index is -0.468. The maximum atomic E-state index is 6.71. The van der Waals surface area contributed by atoms with E-state index in [0.717, 1.165) is 55.9 Å². The zero-order chi connectivity index (χ0) is 34.8. The molecule has 7 rings (SSSR count). The van der Waals surface area contributed by atoms with Gasteiger partial charge in [0.2, 0.25) is 0 Å². The van der Waals surface area contributed by atoms with Crippen LogP contribution in [0.1, 0.15) is 45.6 Å². The zero-order valence-electron chi connectivity index (χ0n) is 28.2. The third-order valence-electron chi connectivity index (χ3n) is 8.82. The molecular weight excluding hydrogens is 625 g/mol. The van der Waals surface area contributed by atoms with E-state index in [2.05, 4.69) is 102 Å². The van der Waals surface area contributed by atoms with E-state index in [4.69, 9.17) is 21.5 Å². The summed E-state index contributed by atoms with van der Waals surface area (Å²) in [6.07, 6.45) is 3.64. The van der Waals surface area contributed by atoms with Gasteiger partial charge < -0.3 is 22.1 Å². The third kappa shape index (κ3) is 8.39. The Balaban J connectivity index is 1.08. The molecule has 0 spiro atoms. The van der Waals surface area contributed by atoms with Crippen LogP contribution in [-0.4, -0.2) is 11.7 Å². The Labute approximate surface area is 299 Å². The second kappa shape index (κ2) is 15.8. The van der Waals surface area contributed by atoms with E-state index >= 15 is 0 Å². The van der Waals surface area contributed by atoms with E-state index in [1.54, 1.807) is 0 Å². The summed E-state index contributed by atoms with van der Waals surface area (Å²) < 4.78 is 0. The predicted molar refractivity (Wildman–Crippen MR) is 211 cm³/mol. The highest BCUT2D eigenvalue weighted by atomic mass is 15.2. The van der Waals surface area contributed by atoms with Gasteiger partial charge >= 0.3 is 0 Å². The van der Waals surface area contributed by atoms with Gasteiger partial charge in [0, 0.05) is 11.4 Å². The molecule has 1 heterocycles. The van der Waals surface area contributed by atoms with Gasteiger partial charge in [-0.1, -0.05) is 170 Å². The summed E-state index contributed by atoms with van der Waals surface area (Å²) in [4.78, 5) is 9.94. The smallest absolute Gasteiger partial charge is 0.198 e. The number of aliphatic imine (C=N–C) groups is 2. The molecule has 1 aliphatic rings. The van der Waals surface area contributed by atoms with Gasteiger partial charge in [0.25, 0.3) is 0 Å². The van der Waals surface area contributed by atoms with Crippen molar-refractivity contribution in [2.24, 2.45) is 21.5 Å². The fraction of sp³-hybridized carbons (Fsp3) is 0.0667. The number of nitrogens with one attached hydrogen (secondary N) is 2. The molecule has 6 aromatic carbocycles. The molecule has 6 nitrogen and oxygen atoms in total. The van der Waals surface area contributed by atoms with E-state index in [9.17, 15) is 0 Å². The SMILES string of the molecule is N/C(=C\C(=NCc1ccccc1)c1ccc(-c2ccc(C(N)NC3=NC(c4ccccc4)C=C(c4ccccc4)N3)cc2)cc1)c1ccccc1. The molecule has 2 unspecified atom stereocenters. The summed E-state index contributed by atoms with van der Waals surface area (Å²) >= 11 is 0. The number of hydrogen-bond donors (Lipinski definition) is 4. The Hall–Kier alpha value is -6.50. The van der Waals surface area contributed by atoms with Gasteiger partial charge in [-0.3, -0.25) is 4.99 Å². The predicted octanol–water partition coefficient (Wildman–Crippen LogP) is 8.63. The summed E-state index contributed by atoms with van der Waals surface area (Å²) in [5.74, 6) is 0.629. The highest BCUT2D eigenvalue weighted by Gasteiger charge is 2.20. The Kier molecular flexibility index (Phi) is 10.2. The normalized spacial score (nSPS) is 15.3. The lowest BCUT2D eigenvalue weighted by Crippen LogP contribution is -2.43. The monoisotopic (exact) mass is 664 g/mol. The molecule has 250 valence electrons. The Morgan fingerprint density at radius 1 is 0.667 bits per heavy atom. The number of benzene rings is 6. The lowest BCUT2D eigenvalue weighted by Gasteiger charge is -2.26. The molecule has 6 N–H and O–H groups in total. The van der Waals surface area contributed by atoms with Crippen LogP contribution in [-0.2, 0) is 6.54 Å². The minimum Gasteiger partial charge on any atom is -0.398 e. The molecule has 2 atom stereocenters. The topological polar surface area (TPSA) is 101 Å². The van der Waals surface area contributed by atoms with Gasteiger partial charge in [-0.05, 0) is 56.7 Å². The molecule has 0 bridgehead atoms. The maximum Gasteiger partial charge on any atom is 0.198 e. The quantitative estimate of drug-likeness (QED) is 0.0870. The van der Waals surface area contributed by atoms with Crippen molar-refractivity contribution in [2.75, 3.05) is 0 Å². The van der Waals surface area contributed by atoms with Crippen LogP contribution in [0.4, 0.5) is 0 Å². The van der Waals surface area contributed by atoms with Gasteiger partial charge in [0.1, 0.15) is 6.17 Å². The first-order chi connectivity index (χ1) is 25.1. The van der Waals surface area contributed by atoms with Crippen LogP contribution in [0.2, 0.25) is 0 Å². The Morgan fingerprint density at radius 3 is 1.88 bits per heavy atom. The van der Waals surface area contributed by atoms with Crippen molar-refractivity contribution in [3.8, 4) is 11.1 Å². The van der Waals surface area contributed by atoms with Crippen molar-refractivity contribution in [2.45, 2.75) is 18.8 Å². The van der Waals surface area contributed by atoms with E-state index in [0.29, 0.717) is 18.2 Å². The van der Waals surface area contributed by atoms with Crippen LogP contribution in [0, 0.1) is 0 Å². The van der Waals surface area contributed by atoms with Gasteiger partial charge in [-0.2, -0.15) is 0 Å². The molecule has 0 saturated heterocycles. The summed E-state index contributed by atoms with van der Waals surface area (Å²) in [5.41, 5.74) is 24.2. The second-order valence-corrected chi connectivity index (χ2v) is 12.4. The molecule has 0 amide bonds. The van der Waals surface area contributed by atoms with Crippen molar-refractivity contribution in [3.05, 3.63) is 215 Å². The Bertz CT molecular complexity index is 2160. The lowest BCUT2D eigenvalue weighted by molar-refractivity contribution is 0.660. The molecule has 51 heavy (non-hydrogen) atoms. The maximum absolute atomic E-state index is 6.71. The van der Waals surface area contributed by atoms with Crippen molar-refractivity contribution in [3.63, 3.8) is 0 Å². The number of guanidine groups is 1. The molecule has 0 saturated carbocycles. The molecule has 1 aliphatic heterocycles. The van der Waals surface area contributed by atoms with Crippen LogP contribution in [0.3, 0.4) is 0 Å². The molecule has 0 fully saturated rings. The standard InChI is InChI=1S/C45H40N6/c46-40(35-15-7-2-8-16-35)29-41(48-31-32-13-5-1-6-14-32)38-25-21-33(22-26-38)34-23-27-39(28-24-34)44(47)51-45-49-42(36-17-9-3-10-18-36)30-43(50-45)37-19-11-4-12-20-37/h1-30,42,44H,31,46-47H2,(H2,49,50,51)/b40-29-,48-41?. The first kappa shape index (κ1) is 33.0. The summed E-state index contributed by atoms with van der Waals surface area (Å²) in [6.45, 7) is 0.560. The van der Waals surface area contributed by atoms with Crippen LogP contribution in [0.15, 0.2) is 192 Å². The molecule has 6 heteroatoms. The zero-order valence-corrected chi connectivity index (χ0v) is 28.2. The van der Waals surface area contributed by atoms with E-state index in [1.165, 1.54) is 0 Å². The second-order valence-electron chi connectivity index (χ2n) is 12.4. The minimum absolute atomic E-state index is 0.142. The van der Waals surface area contributed by atoms with Gasteiger partial charge in [0.05, 0.1) is 18.3 Å². The molecule has 6 aromatic rings. The van der Waals surface area contributed by atoms with Crippen molar-refractivity contribution in [1.29, 1.82) is 0 Å². The number of nitrogens with zero attached hydrogens (tertiary/aromatic N) is 2. The number of allylic oxidation sites excluding steroid dienone is 1. The molecule has 0 aromatic heterocycles.